The molecule has 1 aromatic rings. The minimum Gasteiger partial charge on any atom is -0.269 e. The summed E-state index contributed by atoms with van der Waals surface area (Å²) in [7, 11) is 0. The van der Waals surface area contributed by atoms with E-state index in [4.69, 9.17) is 0 Å². The quantitative estimate of drug-likeness (QED) is 0.637. The highest BCUT2D eigenvalue weighted by Gasteiger charge is 2.30. The smallest absolute Gasteiger partial charge is 0.0233 e. The second kappa shape index (κ2) is 3.41. The molecule has 1 heteroatoms. The van der Waals surface area contributed by atoms with Gasteiger partial charge in [0.25, 0.3) is 0 Å². The highest BCUT2D eigenvalue weighted by atomic mass is 14.7. The van der Waals surface area contributed by atoms with Crippen molar-refractivity contribution >= 4 is 6.21 Å². The zero-order chi connectivity index (χ0) is 10.0. The summed E-state index contributed by atoms with van der Waals surface area (Å²) in [6, 6.07) is 10.6. The summed E-state index contributed by atoms with van der Waals surface area (Å²) < 4.78 is 0. The summed E-state index contributed by atoms with van der Waals surface area (Å²) in [6.07, 6.45) is 6.10. The maximum absolute atomic E-state index is 4.17. The lowest BCUT2D eigenvalue weighted by molar-refractivity contribution is 0.489. The highest BCUT2D eigenvalue weighted by molar-refractivity contribution is 5.66. The first-order chi connectivity index (χ1) is 6.73. The molecule has 14 heavy (non-hydrogen) atoms. The van der Waals surface area contributed by atoms with Gasteiger partial charge < -0.3 is 0 Å². The monoisotopic (exact) mass is 185 g/mol. The molecule has 0 fully saturated rings. The third-order valence-corrected chi connectivity index (χ3v) is 3.16. The SMILES string of the molecule is CC1C=NC=CC1(C)c1ccccc1. The largest absolute Gasteiger partial charge is 0.269 e. The Labute approximate surface area is 85.2 Å². The van der Waals surface area contributed by atoms with Crippen LogP contribution in [0.1, 0.15) is 19.4 Å². The van der Waals surface area contributed by atoms with E-state index in [1.165, 1.54) is 5.56 Å². The van der Waals surface area contributed by atoms with Crippen molar-refractivity contribution in [3.8, 4) is 0 Å². The molecule has 0 spiro atoms. The van der Waals surface area contributed by atoms with Crippen molar-refractivity contribution in [3.05, 3.63) is 48.2 Å². The van der Waals surface area contributed by atoms with E-state index in [1.807, 2.05) is 12.4 Å². The molecule has 2 atom stereocenters. The summed E-state index contributed by atoms with van der Waals surface area (Å²) in [4.78, 5) is 4.17. The Morgan fingerprint density at radius 1 is 1.21 bits per heavy atom. The molecule has 1 nitrogen and oxygen atoms in total. The highest BCUT2D eigenvalue weighted by Crippen LogP contribution is 2.34. The average Bonchev–Trinajstić information content (AvgIpc) is 2.24. The number of hydrogen-bond donors (Lipinski definition) is 0. The molecule has 0 saturated heterocycles. The fourth-order valence-corrected chi connectivity index (χ4v) is 1.84. The maximum Gasteiger partial charge on any atom is 0.0233 e. The van der Waals surface area contributed by atoms with Crippen molar-refractivity contribution < 1.29 is 0 Å². The van der Waals surface area contributed by atoms with Gasteiger partial charge >= 0.3 is 0 Å². The fourth-order valence-electron chi connectivity index (χ4n) is 1.84. The molecule has 0 saturated carbocycles. The van der Waals surface area contributed by atoms with Gasteiger partial charge in [-0.2, -0.15) is 0 Å². The zero-order valence-electron chi connectivity index (χ0n) is 8.64. The molecule has 2 unspecified atom stereocenters. The van der Waals surface area contributed by atoms with Crippen LogP contribution in [0.4, 0.5) is 0 Å². The summed E-state index contributed by atoms with van der Waals surface area (Å²) in [5.74, 6) is 0.454. The van der Waals surface area contributed by atoms with E-state index >= 15 is 0 Å². The number of rotatable bonds is 1. The minimum absolute atomic E-state index is 0.100. The zero-order valence-corrected chi connectivity index (χ0v) is 8.64. The van der Waals surface area contributed by atoms with Gasteiger partial charge in [-0.1, -0.05) is 50.3 Å². The van der Waals surface area contributed by atoms with Crippen LogP contribution in [0.5, 0.6) is 0 Å². The molecule has 0 aliphatic carbocycles. The molecule has 0 bridgehead atoms. The molecule has 0 aromatic heterocycles. The predicted octanol–water partition coefficient (Wildman–Crippen LogP) is 3.18. The number of benzene rings is 1. The van der Waals surface area contributed by atoms with Crippen molar-refractivity contribution in [1.82, 2.24) is 0 Å². The summed E-state index contributed by atoms with van der Waals surface area (Å²) >= 11 is 0. The molecule has 2 rings (SSSR count). The third-order valence-electron chi connectivity index (χ3n) is 3.16. The first-order valence-electron chi connectivity index (χ1n) is 5.00. The van der Waals surface area contributed by atoms with Gasteiger partial charge in [-0.05, 0) is 5.56 Å². The average molecular weight is 185 g/mol. The summed E-state index contributed by atoms with van der Waals surface area (Å²) in [6.45, 7) is 4.47. The lowest BCUT2D eigenvalue weighted by Crippen LogP contribution is -2.30. The fraction of sp³-hybridized carbons (Fsp3) is 0.308. The molecule has 0 radical (unpaired) electrons. The first-order valence-corrected chi connectivity index (χ1v) is 5.00. The van der Waals surface area contributed by atoms with Gasteiger partial charge in [0.1, 0.15) is 0 Å². The van der Waals surface area contributed by atoms with Gasteiger partial charge in [0.05, 0.1) is 0 Å². The van der Waals surface area contributed by atoms with Crippen LogP contribution in [0.3, 0.4) is 0 Å². The van der Waals surface area contributed by atoms with Crippen LogP contribution in [-0.2, 0) is 5.41 Å². The standard InChI is InChI=1S/C13H15N/c1-11-10-14-9-8-13(11,2)12-6-4-3-5-7-12/h3-11H,1-2H3. The van der Waals surface area contributed by atoms with Crippen molar-refractivity contribution in [3.63, 3.8) is 0 Å². The van der Waals surface area contributed by atoms with Crippen molar-refractivity contribution in [2.45, 2.75) is 19.3 Å². The summed E-state index contributed by atoms with van der Waals surface area (Å²) in [5.41, 5.74) is 1.46. The van der Waals surface area contributed by atoms with Gasteiger partial charge in [0.15, 0.2) is 0 Å². The minimum atomic E-state index is 0.100. The molecule has 1 aliphatic heterocycles. The lowest BCUT2D eigenvalue weighted by Gasteiger charge is -2.32. The van der Waals surface area contributed by atoms with Gasteiger partial charge in [0, 0.05) is 23.7 Å². The van der Waals surface area contributed by atoms with Crippen molar-refractivity contribution in [2.24, 2.45) is 10.9 Å². The Hall–Kier alpha value is -1.37. The number of aliphatic imine (C=N–C) groups is 1. The molecular weight excluding hydrogens is 170 g/mol. The Bertz CT molecular complexity index is 364. The maximum atomic E-state index is 4.17. The molecule has 0 N–H and O–H groups in total. The van der Waals surface area contributed by atoms with E-state index in [0.29, 0.717) is 5.92 Å². The lowest BCUT2D eigenvalue weighted by atomic mass is 9.72. The van der Waals surface area contributed by atoms with Gasteiger partial charge in [-0.15, -0.1) is 0 Å². The number of hydrogen-bond acceptors (Lipinski definition) is 1. The molecular formula is C13H15N. The molecule has 0 amide bonds. The second-order valence-corrected chi connectivity index (χ2v) is 4.05. The normalized spacial score (nSPS) is 30.6. The van der Waals surface area contributed by atoms with E-state index in [2.05, 4.69) is 55.2 Å². The van der Waals surface area contributed by atoms with Crippen LogP contribution in [0, 0.1) is 5.92 Å². The Balaban J connectivity index is 2.42. The van der Waals surface area contributed by atoms with Gasteiger partial charge in [0.2, 0.25) is 0 Å². The van der Waals surface area contributed by atoms with Crippen LogP contribution in [-0.4, -0.2) is 6.21 Å². The van der Waals surface area contributed by atoms with Crippen molar-refractivity contribution in [1.29, 1.82) is 0 Å². The molecule has 1 heterocycles. The van der Waals surface area contributed by atoms with E-state index in [1.54, 1.807) is 0 Å². The van der Waals surface area contributed by atoms with E-state index in [0.717, 1.165) is 0 Å². The van der Waals surface area contributed by atoms with Crippen molar-refractivity contribution in [2.75, 3.05) is 0 Å². The Morgan fingerprint density at radius 2 is 1.93 bits per heavy atom. The van der Waals surface area contributed by atoms with Gasteiger partial charge in [-0.3, -0.25) is 4.99 Å². The van der Waals surface area contributed by atoms with Crippen LogP contribution in [0.15, 0.2) is 47.6 Å². The number of nitrogens with zero attached hydrogens (tertiary/aromatic N) is 1. The van der Waals surface area contributed by atoms with E-state index in [9.17, 15) is 0 Å². The van der Waals surface area contributed by atoms with E-state index < -0.39 is 0 Å². The molecule has 1 aliphatic rings. The first kappa shape index (κ1) is 9.20. The topological polar surface area (TPSA) is 12.4 Å². The van der Waals surface area contributed by atoms with Crippen LogP contribution in [0.2, 0.25) is 0 Å². The van der Waals surface area contributed by atoms with Crippen LogP contribution >= 0.6 is 0 Å². The number of allylic oxidation sites excluding steroid dienone is 1. The van der Waals surface area contributed by atoms with E-state index in [-0.39, 0.29) is 5.41 Å². The Morgan fingerprint density at radius 3 is 2.57 bits per heavy atom. The third kappa shape index (κ3) is 1.39. The van der Waals surface area contributed by atoms with Gasteiger partial charge in [-0.25, -0.2) is 0 Å². The second-order valence-electron chi connectivity index (χ2n) is 4.05. The molecule has 1 aromatic carbocycles. The van der Waals surface area contributed by atoms with Crippen LogP contribution < -0.4 is 0 Å². The Kier molecular flexibility index (Phi) is 2.24. The molecule has 72 valence electrons. The predicted molar refractivity (Wildman–Crippen MR) is 60.6 cm³/mol. The summed E-state index contributed by atoms with van der Waals surface area (Å²) in [5, 5.41) is 0. The van der Waals surface area contributed by atoms with Crippen LogP contribution in [0.25, 0.3) is 0 Å².